The number of nitrogens with two attached hydrogens (primary N) is 1. The highest BCUT2D eigenvalue weighted by molar-refractivity contribution is 6.02. The summed E-state index contributed by atoms with van der Waals surface area (Å²) in [5, 5.41) is 11.2. The van der Waals surface area contributed by atoms with E-state index in [0.29, 0.717) is 29.9 Å². The van der Waals surface area contributed by atoms with Crippen LogP contribution in [-0.2, 0) is 4.74 Å². The van der Waals surface area contributed by atoms with Crippen molar-refractivity contribution >= 4 is 22.6 Å². The number of ether oxygens (including phenoxy) is 1. The van der Waals surface area contributed by atoms with Gasteiger partial charge in [0, 0.05) is 31.1 Å². The average molecular weight is 468 g/mol. The summed E-state index contributed by atoms with van der Waals surface area (Å²) in [5.74, 6) is 0.774. The van der Waals surface area contributed by atoms with Crippen molar-refractivity contribution < 1.29 is 9.53 Å². The molecular formula is C27H41N5O2. The van der Waals surface area contributed by atoms with Gasteiger partial charge in [-0.2, -0.15) is 0 Å². The number of hydrogen-bond donors (Lipinski definition) is 4. The summed E-state index contributed by atoms with van der Waals surface area (Å²) in [4.78, 5) is 18.0. The van der Waals surface area contributed by atoms with Crippen LogP contribution in [0.4, 0.5) is 5.82 Å². The van der Waals surface area contributed by atoms with E-state index < -0.39 is 0 Å². The number of amides is 1. The molecule has 5 N–H and O–H groups in total. The lowest BCUT2D eigenvalue weighted by atomic mass is 9.94. The molecule has 1 amide bonds. The number of hydrogen-bond acceptors (Lipinski definition) is 6. The molecule has 4 rings (SSSR count). The third kappa shape index (κ3) is 6.26. The predicted octanol–water partition coefficient (Wildman–Crippen LogP) is 4.10. The Hall–Kier alpha value is -2.22. The van der Waals surface area contributed by atoms with Gasteiger partial charge in [-0.25, -0.2) is 4.98 Å². The molecule has 1 aromatic carbocycles. The van der Waals surface area contributed by atoms with Crippen molar-refractivity contribution in [1.29, 1.82) is 0 Å². The Morgan fingerprint density at radius 1 is 1.18 bits per heavy atom. The molecule has 1 aromatic heterocycles. The van der Waals surface area contributed by atoms with Crippen molar-refractivity contribution in [2.24, 2.45) is 11.7 Å². The maximum absolute atomic E-state index is 13.2. The summed E-state index contributed by atoms with van der Waals surface area (Å²) in [6.45, 7) is 4.80. The van der Waals surface area contributed by atoms with E-state index in [0.717, 1.165) is 35.7 Å². The van der Waals surface area contributed by atoms with Crippen LogP contribution in [0.1, 0.15) is 74.2 Å². The number of aryl methyl sites for hydroxylation is 1. The summed E-state index contributed by atoms with van der Waals surface area (Å²) >= 11 is 0. The van der Waals surface area contributed by atoms with E-state index >= 15 is 0 Å². The van der Waals surface area contributed by atoms with E-state index in [9.17, 15) is 4.79 Å². The lowest BCUT2D eigenvalue weighted by Gasteiger charge is -2.32. The van der Waals surface area contributed by atoms with Gasteiger partial charge in [-0.1, -0.05) is 37.8 Å². The Labute approximate surface area is 203 Å². The fraction of sp³-hybridized carbons (Fsp3) is 0.630. The Morgan fingerprint density at radius 3 is 2.62 bits per heavy atom. The standard InChI is InChI=1S/C27H41N5O2/c1-4-22(30-20-8-6-5-7-9-20)24(34-3)16-29-26-21(27(33)32-25(28)18-11-12-18)15-19-14-17(2)10-13-23(19)31-26/h10,13-15,18,20,22,24-25,30H,4-9,11-12,16,28H2,1-3H3,(H,29,31)(H,32,33). The van der Waals surface area contributed by atoms with Crippen LogP contribution in [-0.4, -0.2) is 48.9 Å². The molecule has 7 nitrogen and oxygen atoms in total. The largest absolute Gasteiger partial charge is 0.378 e. The number of anilines is 1. The molecule has 3 atom stereocenters. The summed E-state index contributed by atoms with van der Waals surface area (Å²) in [5.41, 5.74) is 8.71. The van der Waals surface area contributed by atoms with E-state index in [4.69, 9.17) is 15.5 Å². The van der Waals surface area contributed by atoms with Gasteiger partial charge in [-0.05, 0) is 63.1 Å². The second-order valence-electron chi connectivity index (χ2n) is 10.1. The monoisotopic (exact) mass is 467 g/mol. The minimum atomic E-state index is -0.315. The van der Waals surface area contributed by atoms with Crippen LogP contribution in [0, 0.1) is 12.8 Å². The van der Waals surface area contributed by atoms with Gasteiger partial charge in [0.2, 0.25) is 0 Å². The summed E-state index contributed by atoms with van der Waals surface area (Å²) in [6, 6.07) is 8.82. The van der Waals surface area contributed by atoms with Crippen molar-refractivity contribution in [2.75, 3.05) is 19.0 Å². The fourth-order valence-corrected chi connectivity index (χ4v) is 5.05. The Morgan fingerprint density at radius 2 is 1.94 bits per heavy atom. The van der Waals surface area contributed by atoms with E-state index in [1.165, 1.54) is 32.1 Å². The number of carbonyl (C=O) groups excluding carboxylic acids is 1. The molecule has 2 aliphatic carbocycles. The Bertz CT molecular complexity index is 971. The predicted molar refractivity (Wildman–Crippen MR) is 138 cm³/mol. The van der Waals surface area contributed by atoms with Crippen LogP contribution in [0.15, 0.2) is 24.3 Å². The topological polar surface area (TPSA) is 101 Å². The molecule has 2 aliphatic rings. The molecule has 2 aromatic rings. The zero-order valence-electron chi connectivity index (χ0n) is 20.9. The van der Waals surface area contributed by atoms with Crippen molar-refractivity contribution in [1.82, 2.24) is 15.6 Å². The van der Waals surface area contributed by atoms with Gasteiger partial charge in [0.25, 0.3) is 5.91 Å². The van der Waals surface area contributed by atoms with E-state index in [2.05, 4.69) is 28.9 Å². The molecule has 7 heteroatoms. The summed E-state index contributed by atoms with van der Waals surface area (Å²) in [6.07, 6.45) is 9.18. The number of nitrogens with one attached hydrogen (secondary N) is 3. The van der Waals surface area contributed by atoms with Gasteiger partial charge >= 0.3 is 0 Å². The zero-order chi connectivity index (χ0) is 24.1. The highest BCUT2D eigenvalue weighted by atomic mass is 16.5. The maximum Gasteiger partial charge on any atom is 0.256 e. The normalized spacial score (nSPS) is 19.5. The van der Waals surface area contributed by atoms with E-state index in [1.54, 1.807) is 7.11 Å². The molecule has 1 heterocycles. The van der Waals surface area contributed by atoms with Crippen molar-refractivity contribution in [2.45, 2.75) is 89.6 Å². The second kappa shape index (κ2) is 11.5. The van der Waals surface area contributed by atoms with Gasteiger partial charge in [-0.15, -0.1) is 0 Å². The third-order valence-electron chi connectivity index (χ3n) is 7.36. The number of carbonyl (C=O) groups is 1. The summed E-state index contributed by atoms with van der Waals surface area (Å²) < 4.78 is 5.90. The molecule has 0 bridgehead atoms. The molecule has 186 valence electrons. The quantitative estimate of drug-likeness (QED) is 0.371. The first kappa shape index (κ1) is 24.9. The number of benzene rings is 1. The van der Waals surface area contributed by atoms with Gasteiger partial charge in [0.15, 0.2) is 0 Å². The molecule has 0 spiro atoms. The molecule has 2 fully saturated rings. The third-order valence-corrected chi connectivity index (χ3v) is 7.36. The van der Waals surface area contributed by atoms with Crippen molar-refractivity contribution in [3.63, 3.8) is 0 Å². The maximum atomic E-state index is 13.2. The number of pyridine rings is 1. The highest BCUT2D eigenvalue weighted by Crippen LogP contribution is 2.31. The molecule has 2 saturated carbocycles. The lowest BCUT2D eigenvalue weighted by Crippen LogP contribution is -2.49. The molecule has 0 saturated heterocycles. The summed E-state index contributed by atoms with van der Waals surface area (Å²) in [7, 11) is 1.76. The fourth-order valence-electron chi connectivity index (χ4n) is 5.05. The lowest BCUT2D eigenvalue weighted by molar-refractivity contribution is 0.0698. The number of fused-ring (bicyclic) bond motifs is 1. The smallest absolute Gasteiger partial charge is 0.256 e. The minimum absolute atomic E-state index is 0.0351. The first-order valence-corrected chi connectivity index (χ1v) is 13.0. The second-order valence-corrected chi connectivity index (χ2v) is 10.1. The zero-order valence-corrected chi connectivity index (χ0v) is 20.9. The van der Waals surface area contributed by atoms with E-state index in [-0.39, 0.29) is 24.2 Å². The number of aromatic nitrogens is 1. The van der Waals surface area contributed by atoms with Gasteiger partial charge in [0.1, 0.15) is 5.82 Å². The van der Waals surface area contributed by atoms with Gasteiger partial charge in [0.05, 0.1) is 23.3 Å². The number of rotatable bonds is 11. The Balaban J connectivity index is 1.52. The first-order chi connectivity index (χ1) is 16.5. The molecule has 3 unspecified atom stereocenters. The highest BCUT2D eigenvalue weighted by Gasteiger charge is 2.31. The molecule has 0 radical (unpaired) electrons. The average Bonchev–Trinajstić information content (AvgIpc) is 3.69. The van der Waals surface area contributed by atoms with Crippen LogP contribution in [0.2, 0.25) is 0 Å². The molecule has 0 aliphatic heterocycles. The number of nitrogens with zero attached hydrogens (tertiary/aromatic N) is 1. The van der Waals surface area contributed by atoms with Crippen molar-refractivity contribution in [3.05, 3.63) is 35.4 Å². The van der Waals surface area contributed by atoms with Crippen LogP contribution in [0.3, 0.4) is 0 Å². The SMILES string of the molecule is CCC(NC1CCCCC1)C(CNc1nc2ccc(C)cc2cc1C(=O)NC(N)C1CC1)OC. The van der Waals surface area contributed by atoms with Crippen LogP contribution < -0.4 is 21.7 Å². The van der Waals surface area contributed by atoms with Gasteiger partial charge < -0.3 is 26.4 Å². The molecular weight excluding hydrogens is 426 g/mol. The van der Waals surface area contributed by atoms with E-state index in [1.807, 2.05) is 25.1 Å². The van der Waals surface area contributed by atoms with Crippen LogP contribution in [0.5, 0.6) is 0 Å². The number of methoxy groups -OCH3 is 1. The van der Waals surface area contributed by atoms with Crippen LogP contribution in [0.25, 0.3) is 10.9 Å². The Kier molecular flexibility index (Phi) is 8.40. The molecule has 34 heavy (non-hydrogen) atoms. The first-order valence-electron chi connectivity index (χ1n) is 13.0. The van der Waals surface area contributed by atoms with Crippen LogP contribution >= 0.6 is 0 Å². The van der Waals surface area contributed by atoms with Gasteiger partial charge in [-0.3, -0.25) is 4.79 Å². The van der Waals surface area contributed by atoms with Crippen molar-refractivity contribution in [3.8, 4) is 0 Å². The minimum Gasteiger partial charge on any atom is -0.378 e.